The maximum absolute atomic E-state index is 12.2. The van der Waals surface area contributed by atoms with Crippen LogP contribution in [0.3, 0.4) is 0 Å². The van der Waals surface area contributed by atoms with Gasteiger partial charge in [-0.25, -0.2) is 0 Å². The van der Waals surface area contributed by atoms with Crippen LogP contribution in [-0.2, 0) is 11.2 Å². The summed E-state index contributed by atoms with van der Waals surface area (Å²) in [4.78, 5) is 10.9. The number of aryl methyl sites for hydroxylation is 2. The minimum Gasteiger partial charge on any atom is -0.318 e. The van der Waals surface area contributed by atoms with E-state index in [1.165, 1.54) is 0 Å². The Hall–Kier alpha value is -1.04. The molecule has 0 fully saturated rings. The third kappa shape index (κ3) is 3.46. The van der Waals surface area contributed by atoms with E-state index >= 15 is 0 Å². The van der Waals surface area contributed by atoms with E-state index in [9.17, 15) is 18.0 Å². The first-order valence-electron chi connectivity index (χ1n) is 4.93. The highest BCUT2D eigenvalue weighted by Crippen LogP contribution is 2.28. The van der Waals surface area contributed by atoms with E-state index in [0.29, 0.717) is 17.5 Å². The molecule has 0 saturated heterocycles. The fourth-order valence-electron chi connectivity index (χ4n) is 1.45. The van der Waals surface area contributed by atoms with E-state index in [-0.39, 0.29) is 5.69 Å². The van der Waals surface area contributed by atoms with Crippen LogP contribution in [0.5, 0.6) is 0 Å². The molecule has 0 radical (unpaired) electrons. The number of hydrogen-bond donors (Lipinski definition) is 1. The van der Waals surface area contributed by atoms with Gasteiger partial charge in [-0.3, -0.25) is 4.79 Å². The molecule has 2 nitrogen and oxygen atoms in total. The number of alkyl halides is 3. The molecule has 6 heteroatoms. The van der Waals surface area contributed by atoms with Crippen LogP contribution in [0.2, 0.25) is 0 Å². The third-order valence-corrected chi connectivity index (χ3v) is 2.72. The summed E-state index contributed by atoms with van der Waals surface area (Å²) in [7, 11) is 0. The van der Waals surface area contributed by atoms with Gasteiger partial charge in [0.25, 0.3) is 0 Å². The molecule has 17 heavy (non-hydrogen) atoms. The van der Waals surface area contributed by atoms with Crippen molar-refractivity contribution in [1.29, 1.82) is 0 Å². The fourth-order valence-corrected chi connectivity index (χ4v) is 2.07. The van der Waals surface area contributed by atoms with Gasteiger partial charge in [-0.15, -0.1) is 0 Å². The Bertz CT molecular complexity index is 443. The fraction of sp³-hybridized carbons (Fsp3) is 0.364. The predicted molar refractivity (Wildman–Crippen MR) is 62.9 cm³/mol. The molecular weight excluding hydrogens is 299 g/mol. The number of amides is 1. The molecule has 0 aliphatic carbocycles. The highest BCUT2D eigenvalue weighted by Gasteiger charge is 2.39. The zero-order valence-electron chi connectivity index (χ0n) is 9.28. The van der Waals surface area contributed by atoms with Gasteiger partial charge in [-0.2, -0.15) is 13.2 Å². The maximum Gasteiger partial charge on any atom is 0.471 e. The molecule has 1 amide bonds. The first-order valence-corrected chi connectivity index (χ1v) is 5.72. The standard InChI is InChI=1S/C11H11BrF3NO/c1-3-7-5-8(12)4-6(2)9(7)16-10(17)11(13,14)15/h4-5H,3H2,1-2H3,(H,16,17). The number of rotatable bonds is 2. The van der Waals surface area contributed by atoms with Crippen molar-refractivity contribution >= 4 is 27.5 Å². The second-order valence-electron chi connectivity index (χ2n) is 3.56. The zero-order valence-corrected chi connectivity index (χ0v) is 10.9. The van der Waals surface area contributed by atoms with Crippen LogP contribution in [-0.4, -0.2) is 12.1 Å². The van der Waals surface area contributed by atoms with Crippen LogP contribution in [0.1, 0.15) is 18.1 Å². The molecule has 0 heterocycles. The van der Waals surface area contributed by atoms with Crippen molar-refractivity contribution in [3.8, 4) is 0 Å². The summed E-state index contributed by atoms with van der Waals surface area (Å²) in [6.45, 7) is 3.46. The minimum absolute atomic E-state index is 0.234. The molecule has 0 aromatic heterocycles. The highest BCUT2D eigenvalue weighted by atomic mass is 79.9. The SMILES string of the molecule is CCc1cc(Br)cc(C)c1NC(=O)C(F)(F)F. The smallest absolute Gasteiger partial charge is 0.318 e. The Morgan fingerprint density at radius 2 is 2.00 bits per heavy atom. The Morgan fingerprint density at radius 3 is 2.47 bits per heavy atom. The van der Waals surface area contributed by atoms with Gasteiger partial charge in [0, 0.05) is 10.2 Å². The largest absolute Gasteiger partial charge is 0.471 e. The number of hydrogen-bond acceptors (Lipinski definition) is 1. The minimum atomic E-state index is -4.87. The number of anilines is 1. The second-order valence-corrected chi connectivity index (χ2v) is 4.48. The zero-order chi connectivity index (χ0) is 13.2. The highest BCUT2D eigenvalue weighted by molar-refractivity contribution is 9.10. The molecule has 1 aromatic carbocycles. The molecule has 0 atom stereocenters. The van der Waals surface area contributed by atoms with E-state index in [2.05, 4.69) is 15.9 Å². The monoisotopic (exact) mass is 309 g/mol. The van der Waals surface area contributed by atoms with E-state index in [4.69, 9.17) is 0 Å². The van der Waals surface area contributed by atoms with Gasteiger partial charge in [0.15, 0.2) is 0 Å². The molecule has 0 aliphatic rings. The Morgan fingerprint density at radius 1 is 1.41 bits per heavy atom. The number of carbonyl (C=O) groups is 1. The average Bonchev–Trinajstić information content (AvgIpc) is 2.19. The van der Waals surface area contributed by atoms with Crippen molar-refractivity contribution in [2.45, 2.75) is 26.4 Å². The Kier molecular flexibility index (Phi) is 4.19. The van der Waals surface area contributed by atoms with Crippen LogP contribution in [0.15, 0.2) is 16.6 Å². The van der Waals surface area contributed by atoms with Crippen LogP contribution in [0.25, 0.3) is 0 Å². The molecule has 1 aromatic rings. The van der Waals surface area contributed by atoms with E-state index in [0.717, 1.165) is 4.47 Å². The summed E-state index contributed by atoms with van der Waals surface area (Å²) in [5.41, 5.74) is 1.49. The van der Waals surface area contributed by atoms with Crippen LogP contribution in [0.4, 0.5) is 18.9 Å². The van der Waals surface area contributed by atoms with Gasteiger partial charge in [-0.1, -0.05) is 22.9 Å². The number of nitrogens with one attached hydrogen (secondary N) is 1. The van der Waals surface area contributed by atoms with Gasteiger partial charge < -0.3 is 5.32 Å². The first kappa shape index (κ1) is 14.0. The second kappa shape index (κ2) is 5.08. The molecule has 0 saturated carbocycles. The molecule has 0 unspecified atom stereocenters. The van der Waals surface area contributed by atoms with Crippen molar-refractivity contribution in [3.05, 3.63) is 27.7 Å². The van der Waals surface area contributed by atoms with Crippen molar-refractivity contribution in [2.24, 2.45) is 0 Å². The Balaban J connectivity index is 3.10. The van der Waals surface area contributed by atoms with Gasteiger partial charge >= 0.3 is 12.1 Å². The van der Waals surface area contributed by atoms with Crippen LogP contribution < -0.4 is 5.32 Å². The number of benzene rings is 1. The molecule has 0 aliphatic heterocycles. The Labute approximate surface area is 105 Å². The molecule has 94 valence electrons. The summed E-state index contributed by atoms with van der Waals surface area (Å²) in [5, 5.41) is 1.91. The van der Waals surface area contributed by atoms with E-state index in [1.54, 1.807) is 19.1 Å². The van der Waals surface area contributed by atoms with Crippen LogP contribution in [0, 0.1) is 6.92 Å². The van der Waals surface area contributed by atoms with Crippen LogP contribution >= 0.6 is 15.9 Å². The molecule has 0 bridgehead atoms. The topological polar surface area (TPSA) is 29.1 Å². The lowest BCUT2D eigenvalue weighted by Gasteiger charge is -2.14. The van der Waals surface area contributed by atoms with Crippen molar-refractivity contribution in [3.63, 3.8) is 0 Å². The first-order chi connectivity index (χ1) is 7.75. The molecule has 1 rings (SSSR count). The summed E-state index contributed by atoms with van der Waals surface area (Å²) in [5.74, 6) is -1.95. The number of carbonyl (C=O) groups excluding carboxylic acids is 1. The van der Waals surface area contributed by atoms with Gasteiger partial charge in [-0.05, 0) is 36.6 Å². The van der Waals surface area contributed by atoms with Crippen molar-refractivity contribution in [1.82, 2.24) is 0 Å². The summed E-state index contributed by atoms with van der Waals surface area (Å²) in [6.07, 6.45) is -4.34. The predicted octanol–water partition coefficient (Wildman–Crippen LogP) is 3.82. The number of halogens is 4. The average molecular weight is 310 g/mol. The van der Waals surface area contributed by atoms with Crippen molar-refractivity contribution in [2.75, 3.05) is 5.32 Å². The normalized spacial score (nSPS) is 11.4. The van der Waals surface area contributed by atoms with Crippen molar-refractivity contribution < 1.29 is 18.0 Å². The molecule has 1 N–H and O–H groups in total. The lowest BCUT2D eigenvalue weighted by atomic mass is 10.1. The lowest BCUT2D eigenvalue weighted by Crippen LogP contribution is -2.30. The van der Waals surface area contributed by atoms with Gasteiger partial charge in [0.2, 0.25) is 0 Å². The summed E-state index contributed by atoms with van der Waals surface area (Å²) >= 11 is 3.26. The summed E-state index contributed by atoms with van der Waals surface area (Å²) < 4.78 is 37.3. The van der Waals surface area contributed by atoms with E-state index < -0.39 is 12.1 Å². The lowest BCUT2D eigenvalue weighted by molar-refractivity contribution is -0.167. The molecular formula is C11H11BrF3NO. The van der Waals surface area contributed by atoms with Gasteiger partial charge in [0.1, 0.15) is 0 Å². The third-order valence-electron chi connectivity index (χ3n) is 2.26. The maximum atomic E-state index is 12.2. The van der Waals surface area contributed by atoms with Gasteiger partial charge in [0.05, 0.1) is 0 Å². The summed E-state index contributed by atoms with van der Waals surface area (Å²) in [6, 6.07) is 3.35. The quantitative estimate of drug-likeness (QED) is 0.884. The molecule has 0 spiro atoms. The van der Waals surface area contributed by atoms with E-state index in [1.807, 2.05) is 12.2 Å².